The number of hydrogen-bond acceptors (Lipinski definition) is 2. The van der Waals surface area contributed by atoms with Crippen LogP contribution in [0, 0.1) is 0 Å². The number of nitrogens with zero attached hydrogens (tertiary/aromatic N) is 1. The minimum absolute atomic E-state index is 0.588. The first kappa shape index (κ1) is 9.53. The van der Waals surface area contributed by atoms with Gasteiger partial charge in [0.25, 0.3) is 0 Å². The van der Waals surface area contributed by atoms with Crippen molar-refractivity contribution in [3.8, 4) is 0 Å². The zero-order valence-corrected chi connectivity index (χ0v) is 8.96. The maximum absolute atomic E-state index is 5.76. The number of anilines is 1. The zero-order chi connectivity index (χ0) is 10.1. The van der Waals surface area contributed by atoms with Gasteiger partial charge in [-0.05, 0) is 42.5 Å². The number of nitrogens with two attached hydrogens (primary N) is 1. The van der Waals surface area contributed by atoms with Gasteiger partial charge in [-0.15, -0.1) is 0 Å². The molecule has 76 valence electrons. The molecule has 2 rings (SSSR count). The predicted octanol–water partition coefficient (Wildman–Crippen LogP) is 1.74. The monoisotopic (exact) mass is 190 g/mol. The van der Waals surface area contributed by atoms with E-state index in [1.165, 1.54) is 29.7 Å². The van der Waals surface area contributed by atoms with E-state index in [1.54, 1.807) is 0 Å². The molecule has 0 radical (unpaired) electrons. The minimum Gasteiger partial charge on any atom is -0.377 e. The van der Waals surface area contributed by atoms with Gasteiger partial charge in [-0.1, -0.05) is 12.1 Å². The Hall–Kier alpha value is -1.02. The summed E-state index contributed by atoms with van der Waals surface area (Å²) in [7, 11) is 4.21. The fourth-order valence-corrected chi connectivity index (χ4v) is 2.38. The van der Waals surface area contributed by atoms with E-state index in [0.717, 1.165) is 6.54 Å². The number of rotatable bonds is 2. The van der Waals surface area contributed by atoms with Gasteiger partial charge in [-0.3, -0.25) is 0 Å². The molecule has 2 nitrogen and oxygen atoms in total. The average molecular weight is 190 g/mol. The van der Waals surface area contributed by atoms with Crippen LogP contribution in [0.2, 0.25) is 0 Å². The van der Waals surface area contributed by atoms with Crippen LogP contribution in [0.5, 0.6) is 0 Å². The highest BCUT2D eigenvalue weighted by Gasteiger charge is 2.23. The van der Waals surface area contributed by atoms with Crippen molar-refractivity contribution >= 4 is 5.69 Å². The van der Waals surface area contributed by atoms with Crippen LogP contribution < -0.4 is 10.6 Å². The molecule has 1 aromatic carbocycles. The van der Waals surface area contributed by atoms with E-state index in [-0.39, 0.29) is 0 Å². The maximum atomic E-state index is 5.76. The van der Waals surface area contributed by atoms with Crippen LogP contribution in [0.4, 0.5) is 5.69 Å². The highest BCUT2D eigenvalue weighted by molar-refractivity contribution is 5.58. The molecule has 0 bridgehead atoms. The van der Waals surface area contributed by atoms with Crippen molar-refractivity contribution in [3.63, 3.8) is 0 Å². The number of fused-ring (bicyclic) bond motifs is 1. The number of hydrogen-bond donors (Lipinski definition) is 1. The third-order valence-corrected chi connectivity index (χ3v) is 3.14. The molecule has 1 aromatic rings. The van der Waals surface area contributed by atoms with Crippen LogP contribution >= 0.6 is 0 Å². The summed E-state index contributed by atoms with van der Waals surface area (Å²) < 4.78 is 0. The number of benzene rings is 1. The molecule has 0 heterocycles. The summed E-state index contributed by atoms with van der Waals surface area (Å²) in [6, 6.07) is 6.56. The van der Waals surface area contributed by atoms with E-state index in [4.69, 9.17) is 5.73 Å². The molecule has 1 unspecified atom stereocenters. The Morgan fingerprint density at radius 3 is 2.86 bits per heavy atom. The summed E-state index contributed by atoms with van der Waals surface area (Å²) in [4.78, 5) is 2.19. The summed E-state index contributed by atoms with van der Waals surface area (Å²) in [5.41, 5.74) is 10.1. The van der Waals surface area contributed by atoms with Gasteiger partial charge >= 0.3 is 0 Å². The lowest BCUT2D eigenvalue weighted by atomic mass is 10.0. The summed E-state index contributed by atoms with van der Waals surface area (Å²) >= 11 is 0. The van der Waals surface area contributed by atoms with Gasteiger partial charge in [0, 0.05) is 19.8 Å². The van der Waals surface area contributed by atoms with E-state index in [0.29, 0.717) is 5.92 Å². The highest BCUT2D eigenvalue weighted by Crippen LogP contribution is 2.37. The fourth-order valence-electron chi connectivity index (χ4n) is 2.38. The molecule has 0 spiro atoms. The van der Waals surface area contributed by atoms with Gasteiger partial charge < -0.3 is 10.6 Å². The van der Waals surface area contributed by atoms with E-state index in [9.17, 15) is 0 Å². The normalized spacial score (nSPS) is 19.5. The van der Waals surface area contributed by atoms with Crippen molar-refractivity contribution in [1.82, 2.24) is 0 Å². The first-order valence-corrected chi connectivity index (χ1v) is 5.23. The molecule has 0 fully saturated rings. The van der Waals surface area contributed by atoms with Crippen LogP contribution in [0.3, 0.4) is 0 Å². The Balaban J connectivity index is 2.44. The summed E-state index contributed by atoms with van der Waals surface area (Å²) in [5, 5.41) is 0. The summed E-state index contributed by atoms with van der Waals surface area (Å²) in [5.74, 6) is 0.588. The largest absolute Gasteiger partial charge is 0.377 e. The topological polar surface area (TPSA) is 29.3 Å². The summed E-state index contributed by atoms with van der Waals surface area (Å²) in [6.45, 7) is 0.782. The first-order valence-electron chi connectivity index (χ1n) is 5.23. The van der Waals surface area contributed by atoms with E-state index < -0.39 is 0 Å². The van der Waals surface area contributed by atoms with E-state index in [2.05, 4.69) is 37.2 Å². The van der Waals surface area contributed by atoms with Gasteiger partial charge in [0.2, 0.25) is 0 Å². The first-order chi connectivity index (χ1) is 6.74. The quantitative estimate of drug-likeness (QED) is 0.769. The average Bonchev–Trinajstić information content (AvgIpc) is 2.59. The third kappa shape index (κ3) is 1.40. The van der Waals surface area contributed by atoms with E-state index in [1.807, 2.05) is 0 Å². The second kappa shape index (κ2) is 3.62. The van der Waals surface area contributed by atoms with Crippen molar-refractivity contribution in [3.05, 3.63) is 29.3 Å². The second-order valence-electron chi connectivity index (χ2n) is 4.21. The van der Waals surface area contributed by atoms with Crippen LogP contribution in [0.15, 0.2) is 18.2 Å². The molecule has 0 aliphatic heterocycles. The lowest BCUT2D eigenvalue weighted by molar-refractivity contribution is 0.688. The third-order valence-electron chi connectivity index (χ3n) is 3.14. The smallest absolute Gasteiger partial charge is 0.0396 e. The van der Waals surface area contributed by atoms with Crippen LogP contribution in [0.25, 0.3) is 0 Å². The Labute approximate surface area is 85.7 Å². The molecule has 0 saturated carbocycles. The van der Waals surface area contributed by atoms with Crippen molar-refractivity contribution in [2.24, 2.45) is 5.73 Å². The van der Waals surface area contributed by atoms with Gasteiger partial charge in [0.1, 0.15) is 0 Å². The molecule has 2 heteroatoms. The molecule has 0 saturated heterocycles. The zero-order valence-electron chi connectivity index (χ0n) is 8.96. The van der Waals surface area contributed by atoms with Gasteiger partial charge in [-0.2, -0.15) is 0 Å². The molecule has 1 atom stereocenters. The van der Waals surface area contributed by atoms with Crippen molar-refractivity contribution in [2.45, 2.75) is 18.8 Å². The van der Waals surface area contributed by atoms with Crippen LogP contribution in [-0.2, 0) is 6.42 Å². The molecule has 1 aliphatic rings. The summed E-state index contributed by atoms with van der Waals surface area (Å²) in [6.07, 6.45) is 2.40. The van der Waals surface area contributed by atoms with Gasteiger partial charge in [0.05, 0.1) is 0 Å². The fraction of sp³-hybridized carbons (Fsp3) is 0.500. The van der Waals surface area contributed by atoms with Crippen LogP contribution in [0.1, 0.15) is 23.5 Å². The highest BCUT2D eigenvalue weighted by atomic mass is 15.1. The molecular formula is C12H18N2. The second-order valence-corrected chi connectivity index (χ2v) is 4.21. The molecule has 0 aromatic heterocycles. The SMILES string of the molecule is CN(C)c1cccc2c1CCC2CN. The molecule has 14 heavy (non-hydrogen) atoms. The Morgan fingerprint density at radius 1 is 1.43 bits per heavy atom. The Morgan fingerprint density at radius 2 is 2.21 bits per heavy atom. The lowest BCUT2D eigenvalue weighted by Gasteiger charge is -2.17. The van der Waals surface area contributed by atoms with Gasteiger partial charge in [0.15, 0.2) is 0 Å². The standard InChI is InChI=1S/C12H18N2/c1-14(2)12-5-3-4-10-9(8-13)6-7-11(10)12/h3-5,9H,6-8,13H2,1-2H3. The maximum Gasteiger partial charge on any atom is 0.0396 e. The Kier molecular flexibility index (Phi) is 2.46. The van der Waals surface area contributed by atoms with Crippen molar-refractivity contribution in [1.29, 1.82) is 0 Å². The van der Waals surface area contributed by atoms with Crippen molar-refractivity contribution in [2.75, 3.05) is 25.5 Å². The predicted molar refractivity (Wildman–Crippen MR) is 60.9 cm³/mol. The van der Waals surface area contributed by atoms with Crippen LogP contribution in [-0.4, -0.2) is 20.6 Å². The van der Waals surface area contributed by atoms with Gasteiger partial charge in [-0.25, -0.2) is 0 Å². The van der Waals surface area contributed by atoms with E-state index >= 15 is 0 Å². The van der Waals surface area contributed by atoms with Crippen molar-refractivity contribution < 1.29 is 0 Å². The minimum atomic E-state index is 0.588. The molecular weight excluding hydrogens is 172 g/mol. The molecule has 0 amide bonds. The molecule has 1 aliphatic carbocycles. The Bertz CT molecular complexity index is 331. The lowest BCUT2D eigenvalue weighted by Crippen LogP contribution is -2.12. The molecule has 2 N–H and O–H groups in total.